The minimum atomic E-state index is -0.369. The number of carbonyl (C=O) groups excluding carboxylic acids is 2. The summed E-state index contributed by atoms with van der Waals surface area (Å²) in [4.78, 5) is 31.2. The molecular weight excluding hydrogens is 492 g/mol. The average molecular weight is 523 g/mol. The Kier molecular flexibility index (Phi) is 6.44. The topological polar surface area (TPSA) is 76.0 Å². The fraction of sp³-hybridized carbons (Fsp3) is 0.226. The fourth-order valence-corrected chi connectivity index (χ4v) is 5.27. The van der Waals surface area contributed by atoms with Gasteiger partial charge in [0.25, 0.3) is 0 Å². The molecule has 8 nitrogen and oxygen atoms in total. The third kappa shape index (κ3) is 4.58. The standard InChI is InChI=1S/C31H30N4O4/c1-38-23-17-13-21(14-18-23)30-27-11-7-19-33(27)25-9-4-5-10-26(25)35(30)29(36)20-34(22-15-16-22)31(37)32-24-8-3-6-12-28(24)39-2/h3-14,17-19,22,30H,15-16,20H2,1-2H3,(H,32,37). The summed E-state index contributed by atoms with van der Waals surface area (Å²) in [5, 5.41) is 2.95. The number of hydrogen-bond donors (Lipinski definition) is 1. The molecule has 0 saturated heterocycles. The maximum Gasteiger partial charge on any atom is 0.322 e. The number of para-hydroxylation sites is 4. The Morgan fingerprint density at radius 2 is 1.59 bits per heavy atom. The Hall–Kier alpha value is -4.72. The van der Waals surface area contributed by atoms with Gasteiger partial charge >= 0.3 is 6.03 Å². The van der Waals surface area contributed by atoms with Crippen molar-refractivity contribution in [2.75, 3.05) is 31.0 Å². The third-order valence-corrected chi connectivity index (χ3v) is 7.32. The first-order chi connectivity index (χ1) is 19.1. The Bertz CT molecular complexity index is 1510. The molecule has 1 saturated carbocycles. The number of hydrogen-bond acceptors (Lipinski definition) is 4. The van der Waals surface area contributed by atoms with Crippen LogP contribution in [0.5, 0.6) is 11.5 Å². The molecular formula is C31H30N4O4. The summed E-state index contributed by atoms with van der Waals surface area (Å²) >= 11 is 0. The number of nitrogens with zero attached hydrogens (tertiary/aromatic N) is 3. The van der Waals surface area contributed by atoms with Gasteiger partial charge in [-0.25, -0.2) is 4.79 Å². The number of ether oxygens (including phenoxy) is 2. The van der Waals surface area contributed by atoms with Crippen molar-refractivity contribution in [2.24, 2.45) is 0 Å². The second-order valence-electron chi connectivity index (χ2n) is 9.72. The summed E-state index contributed by atoms with van der Waals surface area (Å²) in [7, 11) is 3.20. The monoisotopic (exact) mass is 522 g/mol. The molecule has 1 N–H and O–H groups in total. The van der Waals surface area contributed by atoms with E-state index in [9.17, 15) is 9.59 Å². The molecule has 0 bridgehead atoms. The molecule has 1 aliphatic heterocycles. The quantitative estimate of drug-likeness (QED) is 0.342. The van der Waals surface area contributed by atoms with Crippen molar-refractivity contribution in [3.63, 3.8) is 0 Å². The van der Waals surface area contributed by atoms with E-state index in [-0.39, 0.29) is 30.6 Å². The van der Waals surface area contributed by atoms with Crippen molar-refractivity contribution in [2.45, 2.75) is 24.9 Å². The summed E-state index contributed by atoms with van der Waals surface area (Å²) in [6, 6.07) is 26.3. The average Bonchev–Trinajstić information content (AvgIpc) is 3.70. The van der Waals surface area contributed by atoms with Gasteiger partial charge in [0.2, 0.25) is 5.91 Å². The Morgan fingerprint density at radius 3 is 2.31 bits per heavy atom. The van der Waals surface area contributed by atoms with Crippen LogP contribution in [-0.4, -0.2) is 48.2 Å². The van der Waals surface area contributed by atoms with Crippen molar-refractivity contribution in [3.05, 3.63) is 102 Å². The third-order valence-electron chi connectivity index (χ3n) is 7.32. The zero-order valence-electron chi connectivity index (χ0n) is 21.9. The van der Waals surface area contributed by atoms with Crippen LogP contribution in [0.25, 0.3) is 5.69 Å². The van der Waals surface area contributed by atoms with Crippen molar-refractivity contribution < 1.29 is 19.1 Å². The molecule has 6 rings (SSSR count). The first-order valence-electron chi connectivity index (χ1n) is 13.0. The van der Waals surface area contributed by atoms with Crippen molar-refractivity contribution in [3.8, 4) is 17.2 Å². The molecule has 2 aliphatic rings. The number of aromatic nitrogens is 1. The van der Waals surface area contributed by atoms with E-state index in [0.29, 0.717) is 11.4 Å². The molecule has 0 radical (unpaired) electrons. The molecule has 8 heteroatoms. The number of anilines is 2. The summed E-state index contributed by atoms with van der Waals surface area (Å²) < 4.78 is 12.9. The SMILES string of the molecule is COc1ccc(C2c3cccn3-c3ccccc3N2C(=O)CN(C(=O)Nc2ccccc2OC)C2CC2)cc1. The number of benzene rings is 3. The second-order valence-corrected chi connectivity index (χ2v) is 9.72. The number of rotatable bonds is 7. The molecule has 1 aliphatic carbocycles. The largest absolute Gasteiger partial charge is 0.497 e. The van der Waals surface area contributed by atoms with Gasteiger partial charge in [0.1, 0.15) is 24.1 Å². The number of nitrogens with one attached hydrogen (secondary N) is 1. The van der Waals surface area contributed by atoms with Crippen LogP contribution in [-0.2, 0) is 4.79 Å². The van der Waals surface area contributed by atoms with Crippen LogP contribution in [0, 0.1) is 0 Å². The highest BCUT2D eigenvalue weighted by atomic mass is 16.5. The van der Waals surface area contributed by atoms with Crippen molar-refractivity contribution in [1.82, 2.24) is 9.47 Å². The van der Waals surface area contributed by atoms with Crippen molar-refractivity contribution >= 4 is 23.3 Å². The smallest absolute Gasteiger partial charge is 0.322 e. The molecule has 0 spiro atoms. The van der Waals surface area contributed by atoms with Crippen LogP contribution in [0.15, 0.2) is 91.1 Å². The number of methoxy groups -OCH3 is 2. The van der Waals surface area contributed by atoms with Gasteiger partial charge in [0.15, 0.2) is 0 Å². The summed E-state index contributed by atoms with van der Waals surface area (Å²) in [5.74, 6) is 1.16. The predicted molar refractivity (Wildman–Crippen MR) is 150 cm³/mol. The maximum atomic E-state index is 14.3. The van der Waals surface area contributed by atoms with Gasteiger partial charge in [0.05, 0.1) is 37.0 Å². The zero-order chi connectivity index (χ0) is 26.9. The minimum absolute atomic E-state index is 0.0204. The zero-order valence-corrected chi connectivity index (χ0v) is 21.9. The maximum absolute atomic E-state index is 14.3. The molecule has 1 atom stereocenters. The van der Waals surface area contributed by atoms with E-state index in [1.165, 1.54) is 0 Å². The minimum Gasteiger partial charge on any atom is -0.497 e. The van der Waals surface area contributed by atoms with E-state index >= 15 is 0 Å². The van der Waals surface area contributed by atoms with Crippen LogP contribution in [0.2, 0.25) is 0 Å². The summed E-state index contributed by atoms with van der Waals surface area (Å²) in [6.45, 7) is -0.0483. The molecule has 1 aromatic heterocycles. The summed E-state index contributed by atoms with van der Waals surface area (Å²) in [6.07, 6.45) is 3.76. The number of fused-ring (bicyclic) bond motifs is 3. The lowest BCUT2D eigenvalue weighted by Gasteiger charge is -2.39. The van der Waals surface area contributed by atoms with Gasteiger partial charge < -0.3 is 24.3 Å². The van der Waals surface area contributed by atoms with E-state index in [1.54, 1.807) is 31.3 Å². The molecule has 1 unspecified atom stereocenters. The van der Waals surface area contributed by atoms with E-state index in [2.05, 4.69) is 9.88 Å². The fourth-order valence-electron chi connectivity index (χ4n) is 5.27. The molecule has 3 amide bonds. The molecule has 39 heavy (non-hydrogen) atoms. The van der Waals surface area contributed by atoms with Crippen molar-refractivity contribution in [1.29, 1.82) is 0 Å². The Labute approximate surface area is 227 Å². The molecule has 3 aromatic carbocycles. The number of carbonyl (C=O) groups is 2. The lowest BCUT2D eigenvalue weighted by atomic mass is 9.97. The second kappa shape index (κ2) is 10.2. The van der Waals surface area contributed by atoms with E-state index in [1.807, 2.05) is 83.9 Å². The van der Waals surface area contributed by atoms with Gasteiger partial charge in [-0.3, -0.25) is 9.69 Å². The van der Waals surface area contributed by atoms with Crippen LogP contribution in [0.1, 0.15) is 30.1 Å². The van der Waals surface area contributed by atoms with Gasteiger partial charge in [0, 0.05) is 12.2 Å². The molecule has 2 heterocycles. The van der Waals surface area contributed by atoms with Crippen LogP contribution in [0.3, 0.4) is 0 Å². The number of amides is 3. The highest BCUT2D eigenvalue weighted by Gasteiger charge is 2.40. The normalized spacial score (nSPS) is 15.6. The van der Waals surface area contributed by atoms with E-state index in [0.717, 1.165) is 41.2 Å². The van der Waals surface area contributed by atoms with Gasteiger partial charge in [-0.2, -0.15) is 0 Å². The lowest BCUT2D eigenvalue weighted by Crippen LogP contribution is -2.48. The van der Waals surface area contributed by atoms with E-state index < -0.39 is 0 Å². The Morgan fingerprint density at radius 1 is 0.872 bits per heavy atom. The van der Waals surface area contributed by atoms with Crippen LogP contribution in [0.4, 0.5) is 16.2 Å². The lowest BCUT2D eigenvalue weighted by molar-refractivity contribution is -0.119. The van der Waals surface area contributed by atoms with Gasteiger partial charge in [-0.15, -0.1) is 0 Å². The molecule has 198 valence electrons. The summed E-state index contributed by atoms with van der Waals surface area (Å²) in [5.41, 5.74) is 4.22. The first kappa shape index (κ1) is 24.6. The highest BCUT2D eigenvalue weighted by molar-refractivity contribution is 6.02. The van der Waals surface area contributed by atoms with Crippen LogP contribution < -0.4 is 19.7 Å². The molecule has 1 fully saturated rings. The number of urea groups is 1. The van der Waals surface area contributed by atoms with E-state index in [4.69, 9.17) is 9.47 Å². The first-order valence-corrected chi connectivity index (χ1v) is 13.0. The highest BCUT2D eigenvalue weighted by Crippen LogP contribution is 2.43. The molecule has 4 aromatic rings. The predicted octanol–water partition coefficient (Wildman–Crippen LogP) is 5.63. The van der Waals surface area contributed by atoms with Crippen LogP contribution >= 0.6 is 0 Å². The Balaban J connectivity index is 1.35. The van der Waals surface area contributed by atoms with Gasteiger partial charge in [-0.05, 0) is 66.9 Å². The van der Waals surface area contributed by atoms with Gasteiger partial charge in [-0.1, -0.05) is 36.4 Å².